The summed E-state index contributed by atoms with van der Waals surface area (Å²) in [6, 6.07) is 0. The quantitative estimate of drug-likeness (QED) is 0.394. The van der Waals surface area contributed by atoms with Gasteiger partial charge < -0.3 is 23.1 Å². The molecular weight excluding hydrogens is 428 g/mol. The molecule has 1 aliphatic carbocycles. The third-order valence-corrected chi connectivity index (χ3v) is 16.3. The average Bonchev–Trinajstić information content (AvgIpc) is 2.89. The fourth-order valence-electron chi connectivity index (χ4n) is 3.39. The molecule has 1 heterocycles. The normalized spacial score (nSPS) is 29.4. The van der Waals surface area contributed by atoms with E-state index in [2.05, 4.69) is 67.7 Å². The lowest BCUT2D eigenvalue weighted by atomic mass is 9.89. The number of hydrogen-bond acceptors (Lipinski definition) is 6. The van der Waals surface area contributed by atoms with Crippen molar-refractivity contribution in [3.63, 3.8) is 0 Å². The summed E-state index contributed by atoms with van der Waals surface area (Å²) in [6.07, 6.45) is 0.100. The molecule has 31 heavy (non-hydrogen) atoms. The minimum atomic E-state index is -2.17. The SMILES string of the molecule is COC(=O)C1=C[C@@H](O[Si](C)(C)C(C)(C)C)[C@@H](O[Si](C)(C)C(C)(C)C)[C@@H]2OC(C)(C)O[C@H]12. The van der Waals surface area contributed by atoms with Gasteiger partial charge in [0.05, 0.1) is 18.8 Å². The van der Waals surface area contributed by atoms with Gasteiger partial charge in [-0.2, -0.15) is 0 Å². The Kier molecular flexibility index (Phi) is 7.21. The van der Waals surface area contributed by atoms with Gasteiger partial charge in [0.1, 0.15) is 18.3 Å². The largest absolute Gasteiger partial charge is 0.466 e. The third-order valence-electron chi connectivity index (χ3n) is 7.32. The topological polar surface area (TPSA) is 63.2 Å². The molecule has 2 aliphatic rings. The molecule has 0 amide bonds. The molecule has 0 radical (unpaired) electrons. The van der Waals surface area contributed by atoms with Crippen molar-refractivity contribution in [2.45, 2.75) is 122 Å². The lowest BCUT2D eigenvalue weighted by Crippen LogP contribution is -2.59. The van der Waals surface area contributed by atoms with Crippen molar-refractivity contribution in [3.05, 3.63) is 11.6 Å². The number of ether oxygens (including phenoxy) is 3. The Hall–Kier alpha value is -0.516. The zero-order valence-electron chi connectivity index (χ0n) is 21.8. The fraction of sp³-hybridized carbons (Fsp3) is 0.870. The minimum Gasteiger partial charge on any atom is -0.466 e. The van der Waals surface area contributed by atoms with Crippen molar-refractivity contribution in [2.75, 3.05) is 7.11 Å². The van der Waals surface area contributed by atoms with Crippen LogP contribution < -0.4 is 0 Å². The molecule has 0 aromatic carbocycles. The number of hydrogen-bond donors (Lipinski definition) is 0. The molecule has 0 aromatic heterocycles. The van der Waals surface area contributed by atoms with Crippen LogP contribution in [0.2, 0.25) is 36.3 Å². The summed E-state index contributed by atoms with van der Waals surface area (Å²) < 4.78 is 31.3. The smallest absolute Gasteiger partial charge is 0.336 e. The molecule has 1 aliphatic heterocycles. The molecule has 4 atom stereocenters. The van der Waals surface area contributed by atoms with Gasteiger partial charge in [-0.05, 0) is 56.2 Å². The molecule has 0 bridgehead atoms. The molecule has 0 unspecified atom stereocenters. The van der Waals surface area contributed by atoms with Gasteiger partial charge in [0, 0.05) is 0 Å². The van der Waals surface area contributed by atoms with Crippen molar-refractivity contribution in [1.82, 2.24) is 0 Å². The minimum absolute atomic E-state index is 0.0109. The molecule has 8 heteroatoms. The van der Waals surface area contributed by atoms with Crippen molar-refractivity contribution < 1.29 is 27.9 Å². The molecule has 0 aromatic rings. The lowest BCUT2D eigenvalue weighted by Gasteiger charge is -2.47. The van der Waals surface area contributed by atoms with Crippen molar-refractivity contribution in [3.8, 4) is 0 Å². The van der Waals surface area contributed by atoms with Gasteiger partial charge in [-0.15, -0.1) is 0 Å². The summed E-state index contributed by atoms with van der Waals surface area (Å²) >= 11 is 0. The monoisotopic (exact) mass is 472 g/mol. The van der Waals surface area contributed by atoms with E-state index in [0.717, 1.165) is 0 Å². The number of rotatable bonds is 5. The summed E-state index contributed by atoms with van der Waals surface area (Å²) in [7, 11) is -2.94. The second-order valence-corrected chi connectivity index (χ2v) is 21.8. The highest BCUT2D eigenvalue weighted by Gasteiger charge is 2.57. The van der Waals surface area contributed by atoms with Crippen molar-refractivity contribution in [2.24, 2.45) is 0 Å². The van der Waals surface area contributed by atoms with Crippen LogP contribution in [0.4, 0.5) is 0 Å². The van der Waals surface area contributed by atoms with Crippen LogP contribution in [0.1, 0.15) is 55.4 Å². The van der Waals surface area contributed by atoms with Crippen LogP contribution in [-0.2, 0) is 27.9 Å². The number of methoxy groups -OCH3 is 1. The first-order chi connectivity index (χ1) is 13.7. The van der Waals surface area contributed by atoms with Crippen LogP contribution in [0, 0.1) is 0 Å². The van der Waals surface area contributed by atoms with Crippen LogP contribution >= 0.6 is 0 Å². The average molecular weight is 473 g/mol. The van der Waals surface area contributed by atoms with Gasteiger partial charge in [-0.25, -0.2) is 4.79 Å². The van der Waals surface area contributed by atoms with E-state index in [1.807, 2.05) is 19.9 Å². The predicted molar refractivity (Wildman–Crippen MR) is 128 cm³/mol. The summed E-state index contributed by atoms with van der Waals surface area (Å²) in [5, 5.41) is 0.0300. The highest BCUT2D eigenvalue weighted by atomic mass is 28.4. The summed E-state index contributed by atoms with van der Waals surface area (Å²) in [5.74, 6) is -1.24. The molecule has 0 N–H and O–H groups in total. The number of carbonyl (C=O) groups is 1. The molecule has 0 saturated carbocycles. The van der Waals surface area contributed by atoms with Gasteiger partial charge in [0.25, 0.3) is 0 Å². The second-order valence-electron chi connectivity index (χ2n) is 12.3. The van der Waals surface area contributed by atoms with E-state index in [0.29, 0.717) is 5.57 Å². The molecule has 1 saturated heterocycles. The van der Waals surface area contributed by atoms with E-state index < -0.39 is 46.7 Å². The van der Waals surface area contributed by atoms with E-state index in [1.165, 1.54) is 7.11 Å². The molecular formula is C23H44O6Si2. The van der Waals surface area contributed by atoms with Crippen LogP contribution in [-0.4, -0.2) is 59.9 Å². The number of carbonyl (C=O) groups excluding carboxylic acids is 1. The molecule has 2 rings (SSSR count). The zero-order valence-corrected chi connectivity index (χ0v) is 23.8. The number of esters is 1. The fourth-order valence-corrected chi connectivity index (χ4v) is 5.93. The zero-order chi connectivity index (χ0) is 24.2. The van der Waals surface area contributed by atoms with Crippen LogP contribution in [0.15, 0.2) is 11.6 Å². The summed E-state index contributed by atoms with van der Waals surface area (Å²) in [5.41, 5.74) is 0.455. The van der Waals surface area contributed by atoms with E-state index in [-0.39, 0.29) is 16.2 Å². The first-order valence-electron chi connectivity index (χ1n) is 11.2. The van der Waals surface area contributed by atoms with Crippen LogP contribution in [0.3, 0.4) is 0 Å². The maximum Gasteiger partial charge on any atom is 0.336 e. The van der Waals surface area contributed by atoms with Gasteiger partial charge >= 0.3 is 5.97 Å². The van der Waals surface area contributed by atoms with Crippen LogP contribution in [0.5, 0.6) is 0 Å². The first kappa shape index (κ1) is 26.7. The maximum absolute atomic E-state index is 12.7. The van der Waals surface area contributed by atoms with Crippen LogP contribution in [0.25, 0.3) is 0 Å². The maximum atomic E-state index is 12.7. The standard InChI is InChI=1S/C23H44O6Si2/c1-21(2,3)30(10,11)28-16-14-15(20(24)25-9)17-19(27-23(7,8)26-17)18(16)29-31(12,13)22(4,5)6/h14,16-19H,1-13H3/t16-,17-,18-,19-/m1/s1. The highest BCUT2D eigenvalue weighted by molar-refractivity contribution is 6.74. The summed E-state index contributed by atoms with van der Waals surface area (Å²) in [4.78, 5) is 12.7. The Morgan fingerprint density at radius 1 is 0.935 bits per heavy atom. The second kappa shape index (κ2) is 8.36. The Labute approximate surface area is 191 Å². The van der Waals surface area contributed by atoms with E-state index in [4.69, 9.17) is 23.1 Å². The molecule has 6 nitrogen and oxygen atoms in total. The molecule has 0 spiro atoms. The number of fused-ring (bicyclic) bond motifs is 1. The lowest BCUT2D eigenvalue weighted by molar-refractivity contribution is -0.156. The van der Waals surface area contributed by atoms with Crippen molar-refractivity contribution >= 4 is 22.6 Å². The molecule has 180 valence electrons. The third kappa shape index (κ3) is 5.53. The van der Waals surface area contributed by atoms with E-state index >= 15 is 0 Å². The van der Waals surface area contributed by atoms with Gasteiger partial charge in [0.2, 0.25) is 0 Å². The van der Waals surface area contributed by atoms with Gasteiger partial charge in [-0.3, -0.25) is 0 Å². The highest BCUT2D eigenvalue weighted by Crippen LogP contribution is 2.46. The van der Waals surface area contributed by atoms with Gasteiger partial charge in [0.15, 0.2) is 22.4 Å². The predicted octanol–water partition coefficient (Wildman–Crippen LogP) is 5.40. The summed E-state index contributed by atoms with van der Waals surface area (Å²) in [6.45, 7) is 25.9. The Balaban J connectivity index is 2.58. The van der Waals surface area contributed by atoms with Gasteiger partial charge in [-0.1, -0.05) is 41.5 Å². The van der Waals surface area contributed by atoms with E-state index in [1.54, 1.807) is 0 Å². The van der Waals surface area contributed by atoms with Crippen molar-refractivity contribution in [1.29, 1.82) is 0 Å². The molecule has 1 fully saturated rings. The Bertz CT molecular complexity index is 715. The Morgan fingerprint density at radius 3 is 1.87 bits per heavy atom. The van der Waals surface area contributed by atoms with E-state index in [9.17, 15) is 4.79 Å². The Morgan fingerprint density at radius 2 is 1.42 bits per heavy atom. The first-order valence-corrected chi connectivity index (χ1v) is 17.1.